The predicted molar refractivity (Wildman–Crippen MR) is 162 cm³/mol. The third-order valence-electron chi connectivity index (χ3n) is 6.36. The molecule has 1 atom stereocenters. The second kappa shape index (κ2) is 14.3. The van der Waals surface area contributed by atoms with Gasteiger partial charge in [-0.05, 0) is 50.3 Å². The smallest absolute Gasteiger partial charge is 0.338 e. The van der Waals surface area contributed by atoms with Crippen molar-refractivity contribution < 1.29 is 19.1 Å². The number of anilines is 2. The Morgan fingerprint density at radius 2 is 1.95 bits per heavy atom. The number of imidazole rings is 1. The minimum Gasteiger partial charge on any atom is -0.459 e. The molecule has 0 radical (unpaired) electrons. The van der Waals surface area contributed by atoms with Crippen LogP contribution in [0.4, 0.5) is 16.6 Å². The number of piperidine rings is 1. The number of fused-ring (bicyclic) bond motifs is 4. The van der Waals surface area contributed by atoms with Crippen LogP contribution < -0.4 is 15.1 Å². The van der Waals surface area contributed by atoms with Crippen LogP contribution in [0.5, 0.6) is 0 Å². The van der Waals surface area contributed by atoms with Gasteiger partial charge >= 0.3 is 12.0 Å². The molecule has 1 saturated heterocycles. The number of urea groups is 1. The highest BCUT2D eigenvalue weighted by molar-refractivity contribution is 6.31. The summed E-state index contributed by atoms with van der Waals surface area (Å²) in [5.74, 6) is 4.26. The number of carbonyl (C=O) groups is 3. The third-order valence-corrected chi connectivity index (χ3v) is 6.59. The maximum atomic E-state index is 13.5. The number of amides is 2. The van der Waals surface area contributed by atoms with Gasteiger partial charge in [0, 0.05) is 44.8 Å². The molecule has 1 unspecified atom stereocenters. The van der Waals surface area contributed by atoms with E-state index in [0.717, 1.165) is 25.3 Å². The summed E-state index contributed by atoms with van der Waals surface area (Å²) in [6.07, 6.45) is 2.40. The highest BCUT2D eigenvalue weighted by atomic mass is 35.5. The van der Waals surface area contributed by atoms with Crippen molar-refractivity contribution in [3.8, 4) is 12.0 Å². The van der Waals surface area contributed by atoms with Gasteiger partial charge in [-0.1, -0.05) is 44.4 Å². The van der Waals surface area contributed by atoms with Crippen molar-refractivity contribution in [2.75, 3.05) is 37.0 Å². The molecule has 2 aliphatic heterocycles. The summed E-state index contributed by atoms with van der Waals surface area (Å²) in [6.45, 7) is 11.9. The van der Waals surface area contributed by atoms with Gasteiger partial charge in [0.05, 0.1) is 24.3 Å². The van der Waals surface area contributed by atoms with Gasteiger partial charge in [0.1, 0.15) is 5.69 Å². The number of nitrogens with one attached hydrogen (secondary N) is 1. The Morgan fingerprint density at radius 1 is 1.24 bits per heavy atom. The van der Waals surface area contributed by atoms with Crippen molar-refractivity contribution in [1.29, 1.82) is 0 Å². The molecule has 0 aliphatic carbocycles. The van der Waals surface area contributed by atoms with Crippen molar-refractivity contribution in [3.05, 3.63) is 40.0 Å². The zero-order valence-corrected chi connectivity index (χ0v) is 25.8. The van der Waals surface area contributed by atoms with Crippen molar-refractivity contribution in [2.45, 2.75) is 72.7 Å². The van der Waals surface area contributed by atoms with E-state index in [1.807, 2.05) is 0 Å². The minimum absolute atomic E-state index is 0.123. The lowest BCUT2D eigenvalue weighted by atomic mass is 10.1. The van der Waals surface area contributed by atoms with Gasteiger partial charge in [-0.2, -0.15) is 4.98 Å². The number of aldehydes is 1. The Hall–Kier alpha value is -3.71. The molecule has 1 N–H and O–H groups in total. The van der Waals surface area contributed by atoms with Gasteiger partial charge in [0.15, 0.2) is 12.1 Å². The second-order valence-corrected chi connectivity index (χ2v) is 11.7. The van der Waals surface area contributed by atoms with E-state index < -0.39 is 12.0 Å². The molecule has 2 aromatic rings. The zero-order chi connectivity index (χ0) is 30.3. The van der Waals surface area contributed by atoms with E-state index in [1.54, 1.807) is 44.6 Å². The third kappa shape index (κ3) is 8.17. The number of esters is 1. The Bertz CT molecular complexity index is 1310. The van der Waals surface area contributed by atoms with Crippen molar-refractivity contribution >= 4 is 41.7 Å². The topological polar surface area (TPSA) is 100 Å². The van der Waals surface area contributed by atoms with Gasteiger partial charge in [0.2, 0.25) is 5.95 Å². The van der Waals surface area contributed by atoms with E-state index in [4.69, 9.17) is 21.3 Å². The highest BCUT2D eigenvalue weighted by Crippen LogP contribution is 2.28. The Balaban J connectivity index is 0.00000108. The first-order chi connectivity index (χ1) is 19.4. The van der Waals surface area contributed by atoms with Crippen LogP contribution in [0.1, 0.15) is 73.9 Å². The number of hydrogen-bond donors (Lipinski definition) is 1. The molecule has 10 nitrogen and oxygen atoms in total. The molecule has 4 rings (SSSR count). The quantitative estimate of drug-likeness (QED) is 0.296. The normalized spacial score (nSPS) is 15.6. The lowest BCUT2D eigenvalue weighted by molar-refractivity contribution is 0.0375. The van der Waals surface area contributed by atoms with E-state index in [0.29, 0.717) is 34.9 Å². The molecule has 222 valence electrons. The zero-order valence-electron chi connectivity index (χ0n) is 25.0. The number of benzene rings is 1. The van der Waals surface area contributed by atoms with E-state index in [2.05, 4.69) is 43.0 Å². The van der Waals surface area contributed by atoms with Crippen molar-refractivity contribution in [2.24, 2.45) is 5.92 Å². The summed E-state index contributed by atoms with van der Waals surface area (Å²) in [6, 6.07) is 7.70. The van der Waals surface area contributed by atoms with Crippen LogP contribution in [0.3, 0.4) is 0 Å². The van der Waals surface area contributed by atoms with E-state index in [1.165, 1.54) is 15.9 Å². The van der Waals surface area contributed by atoms with Crippen LogP contribution in [0.15, 0.2) is 18.2 Å². The lowest BCUT2D eigenvalue weighted by Gasteiger charge is -2.32. The van der Waals surface area contributed by atoms with Crippen molar-refractivity contribution in [3.63, 3.8) is 0 Å². The van der Waals surface area contributed by atoms with Crippen LogP contribution in [0, 0.1) is 17.9 Å². The molecule has 11 heteroatoms. The molecule has 3 heterocycles. The molecule has 1 aromatic heterocycles. The van der Waals surface area contributed by atoms with Gasteiger partial charge in [0.25, 0.3) is 0 Å². The summed E-state index contributed by atoms with van der Waals surface area (Å²) in [7, 11) is 3.20. The van der Waals surface area contributed by atoms with Gasteiger partial charge in [-0.3, -0.25) is 14.3 Å². The van der Waals surface area contributed by atoms with E-state index >= 15 is 0 Å². The maximum absolute atomic E-state index is 13.5. The molecule has 0 saturated carbocycles. The molecule has 2 bridgehead atoms. The molecule has 0 spiro atoms. The number of aromatic nitrogens is 2. The van der Waals surface area contributed by atoms with E-state index in [9.17, 15) is 14.4 Å². The van der Waals surface area contributed by atoms with Crippen LogP contribution in [-0.2, 0) is 17.8 Å². The van der Waals surface area contributed by atoms with Crippen LogP contribution in [-0.4, -0.2) is 72.1 Å². The summed E-state index contributed by atoms with van der Waals surface area (Å²) in [5.41, 5.74) is 1.17. The number of halogens is 1. The first kappa shape index (κ1) is 31.8. The average molecular weight is 585 g/mol. The van der Waals surface area contributed by atoms with Crippen LogP contribution in [0.25, 0.3) is 0 Å². The number of carbonyl (C=O) groups excluding carboxylic acids is 3. The monoisotopic (exact) mass is 584 g/mol. The lowest BCUT2D eigenvalue weighted by Crippen LogP contribution is -2.45. The molecule has 2 aliphatic rings. The number of ether oxygens (including phenoxy) is 1. The standard InChI is InChI=1S/C26H31ClN6O4.C4H10/c1-17(2)37-24(35)21-13-19(27)9-8-18(21)14-30(3)26(36)31(4)23-22(16-34)33-12-6-10-28-20-7-5-11-32(15-20)25(33)29-23;1-4(2)3/h8-9,13,16-17,20,28H,5,7,11-12,14-15H2,1-4H3;4H,1-3H3. The summed E-state index contributed by atoms with van der Waals surface area (Å²) in [5, 5.41) is 3.62. The minimum atomic E-state index is -0.509. The second-order valence-electron chi connectivity index (χ2n) is 11.2. The van der Waals surface area contributed by atoms with Gasteiger partial charge in [-0.25, -0.2) is 9.59 Å². The first-order valence-corrected chi connectivity index (χ1v) is 14.3. The average Bonchev–Trinajstić information content (AvgIpc) is 3.30. The molecule has 2 amide bonds. The molecule has 1 fully saturated rings. The summed E-state index contributed by atoms with van der Waals surface area (Å²) >= 11 is 6.12. The number of rotatable bonds is 6. The van der Waals surface area contributed by atoms with E-state index in [-0.39, 0.29) is 36.7 Å². The number of hydrogen-bond acceptors (Lipinski definition) is 7. The SMILES string of the molecule is CC(C)C.CC(C)OC(=O)c1cc(Cl)ccc1CN(C)C(=O)N(C)c1nc2n(c1C=O)CC#CNC1CCCN2C1. The van der Waals surface area contributed by atoms with Crippen LogP contribution >= 0.6 is 11.6 Å². The van der Waals surface area contributed by atoms with Gasteiger partial charge in [-0.15, -0.1) is 0 Å². The Labute approximate surface area is 248 Å². The fourth-order valence-electron chi connectivity index (χ4n) is 4.57. The fourth-order valence-corrected chi connectivity index (χ4v) is 4.75. The van der Waals surface area contributed by atoms with Crippen molar-refractivity contribution in [1.82, 2.24) is 19.8 Å². The highest BCUT2D eigenvalue weighted by Gasteiger charge is 2.30. The predicted octanol–water partition coefficient (Wildman–Crippen LogP) is 4.80. The largest absolute Gasteiger partial charge is 0.459 e. The number of nitrogens with zero attached hydrogens (tertiary/aromatic N) is 5. The van der Waals surface area contributed by atoms with Crippen LogP contribution in [0.2, 0.25) is 5.02 Å². The molecule has 41 heavy (non-hydrogen) atoms. The van der Waals surface area contributed by atoms with Gasteiger partial charge < -0.3 is 19.9 Å². The molecular weight excluding hydrogens is 544 g/mol. The molecular formula is C30H41ClN6O4. The first-order valence-electron chi connectivity index (χ1n) is 13.9. The maximum Gasteiger partial charge on any atom is 0.338 e. The molecule has 1 aromatic carbocycles. The summed E-state index contributed by atoms with van der Waals surface area (Å²) in [4.78, 5) is 47.9. The Kier molecular flexibility index (Phi) is 11.1. The Morgan fingerprint density at radius 3 is 2.61 bits per heavy atom. The summed E-state index contributed by atoms with van der Waals surface area (Å²) < 4.78 is 7.10. The fraction of sp³-hybridized carbons (Fsp3) is 0.533.